The number of hydrogen-bond donors (Lipinski definition) is 1. The highest BCUT2D eigenvalue weighted by molar-refractivity contribution is 5.15. The lowest BCUT2D eigenvalue weighted by Gasteiger charge is -2.35. The molecular weight excluding hydrogens is 316 g/mol. The van der Waals surface area contributed by atoms with E-state index in [1.165, 1.54) is 0 Å². The molecule has 3 unspecified atom stereocenters. The van der Waals surface area contributed by atoms with Crippen molar-refractivity contribution in [3.05, 3.63) is 83.6 Å². The summed E-state index contributed by atoms with van der Waals surface area (Å²) in [4.78, 5) is 0. The maximum Gasteiger partial charge on any atom is 0.150 e. The second kappa shape index (κ2) is 8.81. The molecule has 0 spiro atoms. The predicted octanol–water partition coefficient (Wildman–Crippen LogP) is 3.45. The van der Waals surface area contributed by atoms with Crippen molar-refractivity contribution in [2.24, 2.45) is 0 Å². The Hall–Kier alpha value is -2.14. The van der Waals surface area contributed by atoms with Crippen LogP contribution in [-0.2, 0) is 27.4 Å². The molecule has 1 N–H and O–H groups in total. The van der Waals surface area contributed by atoms with Crippen LogP contribution in [0.5, 0.6) is 0 Å². The predicted molar refractivity (Wildman–Crippen MR) is 95.8 cm³/mol. The molecule has 1 aliphatic heterocycles. The van der Waals surface area contributed by atoms with Crippen LogP contribution in [0.15, 0.2) is 72.5 Å². The Kier molecular flexibility index (Phi) is 6.23. The van der Waals surface area contributed by atoms with Gasteiger partial charge in [0.2, 0.25) is 0 Å². The van der Waals surface area contributed by atoms with E-state index in [9.17, 15) is 5.11 Å². The van der Waals surface area contributed by atoms with Gasteiger partial charge in [-0.25, -0.2) is 0 Å². The van der Waals surface area contributed by atoms with Crippen LogP contribution in [0.1, 0.15) is 18.1 Å². The maximum absolute atomic E-state index is 9.69. The van der Waals surface area contributed by atoms with Crippen molar-refractivity contribution >= 4 is 0 Å². The third-order valence-electron chi connectivity index (χ3n) is 4.18. The summed E-state index contributed by atoms with van der Waals surface area (Å²) in [6, 6.07) is 20.0. The third-order valence-corrected chi connectivity index (χ3v) is 4.18. The van der Waals surface area contributed by atoms with Gasteiger partial charge in [0.1, 0.15) is 12.2 Å². The molecule has 2 aromatic rings. The Morgan fingerprint density at radius 3 is 2.00 bits per heavy atom. The van der Waals surface area contributed by atoms with Crippen LogP contribution in [-0.4, -0.2) is 30.0 Å². The van der Waals surface area contributed by atoms with Crippen molar-refractivity contribution in [2.45, 2.75) is 38.4 Å². The van der Waals surface area contributed by atoms with Crippen molar-refractivity contribution in [2.75, 3.05) is 6.61 Å². The molecule has 1 heterocycles. The molecule has 0 saturated heterocycles. The summed E-state index contributed by atoms with van der Waals surface area (Å²) in [6.45, 7) is 2.69. The molecule has 0 bridgehead atoms. The molecule has 0 radical (unpaired) electrons. The van der Waals surface area contributed by atoms with E-state index in [1.54, 1.807) is 0 Å². The largest absolute Gasteiger partial charge is 0.490 e. The fourth-order valence-corrected chi connectivity index (χ4v) is 2.90. The maximum atomic E-state index is 9.69. The Morgan fingerprint density at radius 2 is 1.44 bits per heavy atom. The highest BCUT2D eigenvalue weighted by Gasteiger charge is 2.35. The van der Waals surface area contributed by atoms with Crippen LogP contribution >= 0.6 is 0 Å². The number of ether oxygens (including phenoxy) is 3. The molecule has 0 aliphatic carbocycles. The van der Waals surface area contributed by atoms with Crippen LogP contribution in [0.3, 0.4) is 0 Å². The van der Waals surface area contributed by atoms with Gasteiger partial charge in [0.15, 0.2) is 6.10 Å². The molecule has 132 valence electrons. The topological polar surface area (TPSA) is 47.9 Å². The minimum Gasteiger partial charge on any atom is -0.490 e. The second-order valence-electron chi connectivity index (χ2n) is 6.14. The first-order valence-electron chi connectivity index (χ1n) is 8.53. The Labute approximate surface area is 148 Å². The number of aliphatic hydroxyl groups excluding tert-OH is 1. The molecule has 4 nitrogen and oxygen atoms in total. The standard InChI is InChI=1S/C21H24O4/c1-16-12-19(23-14-17-8-4-2-5-9-17)21(20(13-22)25-16)24-15-18-10-6-3-7-11-18/h2-12,19-22H,13-15H2,1H3. The molecule has 1 aliphatic rings. The number of allylic oxidation sites excluding steroid dienone is 1. The summed E-state index contributed by atoms with van der Waals surface area (Å²) in [6.07, 6.45) is 0.854. The average molecular weight is 340 g/mol. The van der Waals surface area contributed by atoms with E-state index in [0.717, 1.165) is 16.9 Å². The quantitative estimate of drug-likeness (QED) is 0.839. The van der Waals surface area contributed by atoms with E-state index in [-0.39, 0.29) is 18.8 Å². The molecule has 4 heteroatoms. The Morgan fingerprint density at radius 1 is 0.880 bits per heavy atom. The van der Waals surface area contributed by atoms with Crippen molar-refractivity contribution in [3.63, 3.8) is 0 Å². The van der Waals surface area contributed by atoms with Gasteiger partial charge in [0, 0.05) is 0 Å². The fourth-order valence-electron chi connectivity index (χ4n) is 2.90. The Balaban J connectivity index is 1.68. The zero-order valence-electron chi connectivity index (χ0n) is 14.4. The molecule has 25 heavy (non-hydrogen) atoms. The minimum atomic E-state index is -0.436. The van der Waals surface area contributed by atoms with E-state index in [4.69, 9.17) is 14.2 Å². The highest BCUT2D eigenvalue weighted by Crippen LogP contribution is 2.24. The average Bonchev–Trinajstić information content (AvgIpc) is 2.66. The van der Waals surface area contributed by atoms with Crippen LogP contribution in [0.4, 0.5) is 0 Å². The Bertz CT molecular complexity index is 669. The van der Waals surface area contributed by atoms with Crippen LogP contribution in [0, 0.1) is 0 Å². The van der Waals surface area contributed by atoms with Gasteiger partial charge in [-0.3, -0.25) is 0 Å². The second-order valence-corrected chi connectivity index (χ2v) is 6.14. The number of aliphatic hydroxyl groups is 1. The van der Waals surface area contributed by atoms with Gasteiger partial charge in [0.05, 0.1) is 25.6 Å². The summed E-state index contributed by atoms with van der Waals surface area (Å²) in [5.74, 6) is 0.747. The number of hydrogen-bond acceptors (Lipinski definition) is 4. The van der Waals surface area contributed by atoms with E-state index in [1.807, 2.05) is 73.7 Å². The lowest BCUT2D eigenvalue weighted by atomic mass is 10.0. The van der Waals surface area contributed by atoms with Crippen molar-refractivity contribution < 1.29 is 19.3 Å². The SMILES string of the molecule is CC1=CC(OCc2ccccc2)C(OCc2ccccc2)C(CO)O1. The first-order valence-corrected chi connectivity index (χ1v) is 8.53. The van der Waals surface area contributed by atoms with E-state index in [2.05, 4.69) is 0 Å². The number of rotatable bonds is 7. The van der Waals surface area contributed by atoms with E-state index < -0.39 is 6.10 Å². The first kappa shape index (κ1) is 17.7. The summed E-state index contributed by atoms with van der Waals surface area (Å²) in [5.41, 5.74) is 2.18. The van der Waals surface area contributed by atoms with Gasteiger partial charge in [-0.2, -0.15) is 0 Å². The molecule has 0 saturated carbocycles. The van der Waals surface area contributed by atoms with Crippen LogP contribution < -0.4 is 0 Å². The molecule has 0 fully saturated rings. The summed E-state index contributed by atoms with van der Waals surface area (Å²) in [5, 5.41) is 9.69. The lowest BCUT2D eigenvalue weighted by Crippen LogP contribution is -2.46. The summed E-state index contributed by atoms with van der Waals surface area (Å²) < 4.78 is 17.9. The molecule has 0 amide bonds. The fraction of sp³-hybridized carbons (Fsp3) is 0.333. The van der Waals surface area contributed by atoms with Crippen LogP contribution in [0.2, 0.25) is 0 Å². The molecule has 2 aromatic carbocycles. The normalized spacial score (nSPS) is 23.0. The van der Waals surface area contributed by atoms with Gasteiger partial charge in [-0.1, -0.05) is 60.7 Å². The monoisotopic (exact) mass is 340 g/mol. The summed E-state index contributed by atoms with van der Waals surface area (Å²) in [7, 11) is 0. The van der Waals surface area contributed by atoms with E-state index in [0.29, 0.717) is 13.2 Å². The highest BCUT2D eigenvalue weighted by atomic mass is 16.6. The first-order chi connectivity index (χ1) is 12.3. The van der Waals surface area contributed by atoms with Crippen molar-refractivity contribution in [1.82, 2.24) is 0 Å². The van der Waals surface area contributed by atoms with Gasteiger partial charge in [0.25, 0.3) is 0 Å². The minimum absolute atomic E-state index is 0.115. The molecule has 3 rings (SSSR count). The zero-order valence-corrected chi connectivity index (χ0v) is 14.4. The van der Waals surface area contributed by atoms with E-state index >= 15 is 0 Å². The molecule has 3 atom stereocenters. The van der Waals surface area contributed by atoms with Gasteiger partial charge < -0.3 is 19.3 Å². The van der Waals surface area contributed by atoms with Crippen molar-refractivity contribution in [3.8, 4) is 0 Å². The van der Waals surface area contributed by atoms with Gasteiger partial charge in [-0.15, -0.1) is 0 Å². The molecular formula is C21H24O4. The number of benzene rings is 2. The summed E-state index contributed by atoms with van der Waals surface area (Å²) >= 11 is 0. The lowest BCUT2D eigenvalue weighted by molar-refractivity contribution is -0.146. The third kappa shape index (κ3) is 4.92. The van der Waals surface area contributed by atoms with Gasteiger partial charge in [-0.05, 0) is 24.1 Å². The van der Waals surface area contributed by atoms with Gasteiger partial charge >= 0.3 is 0 Å². The molecule has 0 aromatic heterocycles. The zero-order chi connectivity index (χ0) is 17.5. The smallest absolute Gasteiger partial charge is 0.150 e. The van der Waals surface area contributed by atoms with Crippen molar-refractivity contribution in [1.29, 1.82) is 0 Å². The van der Waals surface area contributed by atoms with Crippen LogP contribution in [0.25, 0.3) is 0 Å².